The van der Waals surface area contributed by atoms with Gasteiger partial charge in [-0.05, 0) is 37.6 Å². The molecule has 18 heavy (non-hydrogen) atoms. The van der Waals surface area contributed by atoms with Gasteiger partial charge >= 0.3 is 0 Å². The molecule has 0 bridgehead atoms. The average Bonchev–Trinajstić information content (AvgIpc) is 2.40. The molecule has 4 nitrogen and oxygen atoms in total. The standard InChI is InChI=1S/C14H18N4/c1-3-18(13-6-4-5-11(2)9-13)14-12(10-15)7-8-16-17-14/h4-9H,3,10,15H2,1-2H3. The van der Waals surface area contributed by atoms with E-state index >= 15 is 0 Å². The average molecular weight is 242 g/mol. The maximum absolute atomic E-state index is 5.76. The zero-order valence-electron chi connectivity index (χ0n) is 10.8. The predicted octanol–water partition coefficient (Wildman–Crippen LogP) is 2.40. The Kier molecular flexibility index (Phi) is 3.89. The number of nitrogens with two attached hydrogens (primary N) is 1. The van der Waals surface area contributed by atoms with Gasteiger partial charge in [-0.15, -0.1) is 5.10 Å². The molecule has 0 aliphatic carbocycles. The minimum atomic E-state index is 0.465. The van der Waals surface area contributed by atoms with Crippen LogP contribution in [0, 0.1) is 6.92 Å². The first-order valence-electron chi connectivity index (χ1n) is 6.11. The first-order valence-corrected chi connectivity index (χ1v) is 6.11. The van der Waals surface area contributed by atoms with Gasteiger partial charge < -0.3 is 10.6 Å². The number of benzene rings is 1. The van der Waals surface area contributed by atoms with Crippen molar-refractivity contribution in [3.63, 3.8) is 0 Å². The van der Waals surface area contributed by atoms with Crippen LogP contribution < -0.4 is 10.6 Å². The lowest BCUT2D eigenvalue weighted by Gasteiger charge is -2.23. The Morgan fingerprint density at radius 1 is 1.28 bits per heavy atom. The maximum atomic E-state index is 5.76. The lowest BCUT2D eigenvalue weighted by molar-refractivity contribution is 0.895. The molecule has 94 valence electrons. The molecule has 2 rings (SSSR count). The smallest absolute Gasteiger partial charge is 0.160 e. The highest BCUT2D eigenvalue weighted by Gasteiger charge is 2.12. The molecule has 1 aromatic heterocycles. The van der Waals surface area contributed by atoms with E-state index in [-0.39, 0.29) is 0 Å². The summed E-state index contributed by atoms with van der Waals surface area (Å²) in [5, 5.41) is 8.19. The van der Waals surface area contributed by atoms with Crippen LogP contribution in [0.4, 0.5) is 11.5 Å². The fourth-order valence-electron chi connectivity index (χ4n) is 1.99. The topological polar surface area (TPSA) is 55.0 Å². The molecule has 2 N–H and O–H groups in total. The molecule has 0 aliphatic rings. The molecule has 0 saturated carbocycles. The quantitative estimate of drug-likeness (QED) is 0.894. The van der Waals surface area contributed by atoms with Gasteiger partial charge in [-0.2, -0.15) is 5.10 Å². The SMILES string of the molecule is CCN(c1cccc(C)c1)c1nnccc1CN. The van der Waals surface area contributed by atoms with Crippen molar-refractivity contribution < 1.29 is 0 Å². The van der Waals surface area contributed by atoms with E-state index in [1.165, 1.54) is 5.56 Å². The van der Waals surface area contributed by atoms with E-state index < -0.39 is 0 Å². The Hall–Kier alpha value is -1.94. The molecule has 1 aromatic carbocycles. The van der Waals surface area contributed by atoms with Crippen molar-refractivity contribution in [1.29, 1.82) is 0 Å². The molecule has 0 aliphatic heterocycles. The minimum absolute atomic E-state index is 0.465. The van der Waals surface area contributed by atoms with Crippen molar-refractivity contribution in [2.75, 3.05) is 11.4 Å². The zero-order valence-corrected chi connectivity index (χ0v) is 10.8. The second-order valence-electron chi connectivity index (χ2n) is 4.17. The van der Waals surface area contributed by atoms with Gasteiger partial charge in [-0.3, -0.25) is 0 Å². The molecular weight excluding hydrogens is 224 g/mol. The highest BCUT2D eigenvalue weighted by molar-refractivity contribution is 5.62. The summed E-state index contributed by atoms with van der Waals surface area (Å²) in [5.41, 5.74) is 9.11. The number of anilines is 2. The fourth-order valence-corrected chi connectivity index (χ4v) is 1.99. The fraction of sp³-hybridized carbons (Fsp3) is 0.286. The van der Waals surface area contributed by atoms with Gasteiger partial charge in [-0.25, -0.2) is 0 Å². The largest absolute Gasteiger partial charge is 0.326 e. The number of aryl methyl sites for hydroxylation is 1. The van der Waals surface area contributed by atoms with E-state index in [1.807, 2.05) is 12.1 Å². The van der Waals surface area contributed by atoms with Crippen molar-refractivity contribution in [2.45, 2.75) is 20.4 Å². The summed E-state index contributed by atoms with van der Waals surface area (Å²) in [7, 11) is 0. The van der Waals surface area contributed by atoms with E-state index in [0.29, 0.717) is 6.54 Å². The van der Waals surface area contributed by atoms with Crippen LogP contribution in [0.1, 0.15) is 18.1 Å². The normalized spacial score (nSPS) is 10.4. The van der Waals surface area contributed by atoms with Gasteiger partial charge in [0.15, 0.2) is 5.82 Å². The Bertz CT molecular complexity index is 525. The summed E-state index contributed by atoms with van der Waals surface area (Å²) < 4.78 is 0. The van der Waals surface area contributed by atoms with Gasteiger partial charge in [0.25, 0.3) is 0 Å². The van der Waals surface area contributed by atoms with E-state index in [9.17, 15) is 0 Å². The second-order valence-corrected chi connectivity index (χ2v) is 4.17. The van der Waals surface area contributed by atoms with Gasteiger partial charge in [0.1, 0.15) is 0 Å². The Labute approximate surface area is 107 Å². The number of hydrogen-bond acceptors (Lipinski definition) is 4. The zero-order chi connectivity index (χ0) is 13.0. The summed E-state index contributed by atoms with van der Waals surface area (Å²) in [5.74, 6) is 0.841. The first-order chi connectivity index (χ1) is 8.76. The summed E-state index contributed by atoms with van der Waals surface area (Å²) in [4.78, 5) is 2.13. The van der Waals surface area contributed by atoms with Crippen LogP contribution in [0.2, 0.25) is 0 Å². The molecule has 0 atom stereocenters. The van der Waals surface area contributed by atoms with Crippen LogP contribution >= 0.6 is 0 Å². The number of rotatable bonds is 4. The van der Waals surface area contributed by atoms with Crippen LogP contribution in [-0.4, -0.2) is 16.7 Å². The van der Waals surface area contributed by atoms with Crippen molar-refractivity contribution in [3.8, 4) is 0 Å². The van der Waals surface area contributed by atoms with Gasteiger partial charge in [-0.1, -0.05) is 12.1 Å². The highest BCUT2D eigenvalue weighted by Crippen LogP contribution is 2.26. The Morgan fingerprint density at radius 3 is 2.78 bits per heavy atom. The molecule has 2 aromatic rings. The summed E-state index contributed by atoms with van der Waals surface area (Å²) >= 11 is 0. The van der Waals surface area contributed by atoms with Crippen LogP contribution in [-0.2, 0) is 6.54 Å². The van der Waals surface area contributed by atoms with Crippen molar-refractivity contribution >= 4 is 11.5 Å². The third-order valence-corrected chi connectivity index (χ3v) is 2.89. The molecule has 0 saturated heterocycles. The van der Waals surface area contributed by atoms with Gasteiger partial charge in [0.05, 0.1) is 6.20 Å². The summed E-state index contributed by atoms with van der Waals surface area (Å²) in [6.07, 6.45) is 1.68. The summed E-state index contributed by atoms with van der Waals surface area (Å²) in [6, 6.07) is 10.3. The van der Waals surface area contributed by atoms with E-state index in [4.69, 9.17) is 5.73 Å². The van der Waals surface area contributed by atoms with E-state index in [0.717, 1.165) is 23.6 Å². The Balaban J connectivity index is 2.45. The van der Waals surface area contributed by atoms with Crippen molar-refractivity contribution in [2.24, 2.45) is 5.73 Å². The van der Waals surface area contributed by atoms with E-state index in [1.54, 1.807) is 6.20 Å². The van der Waals surface area contributed by atoms with E-state index in [2.05, 4.69) is 47.1 Å². The predicted molar refractivity (Wildman–Crippen MR) is 73.8 cm³/mol. The highest BCUT2D eigenvalue weighted by atomic mass is 15.3. The number of nitrogens with zero attached hydrogens (tertiary/aromatic N) is 3. The number of hydrogen-bond donors (Lipinski definition) is 1. The molecule has 0 amide bonds. The van der Waals surface area contributed by atoms with Crippen LogP contribution in [0.3, 0.4) is 0 Å². The molecule has 0 fully saturated rings. The minimum Gasteiger partial charge on any atom is -0.326 e. The third-order valence-electron chi connectivity index (χ3n) is 2.89. The number of aromatic nitrogens is 2. The maximum Gasteiger partial charge on any atom is 0.160 e. The van der Waals surface area contributed by atoms with Crippen LogP contribution in [0.25, 0.3) is 0 Å². The molecule has 4 heteroatoms. The Morgan fingerprint density at radius 2 is 2.11 bits per heavy atom. The third kappa shape index (κ3) is 2.49. The first kappa shape index (κ1) is 12.5. The van der Waals surface area contributed by atoms with Gasteiger partial charge in [0, 0.05) is 24.3 Å². The van der Waals surface area contributed by atoms with Crippen molar-refractivity contribution in [1.82, 2.24) is 10.2 Å². The van der Waals surface area contributed by atoms with Gasteiger partial charge in [0.2, 0.25) is 0 Å². The summed E-state index contributed by atoms with van der Waals surface area (Å²) in [6.45, 7) is 5.47. The lowest BCUT2D eigenvalue weighted by atomic mass is 10.2. The lowest BCUT2D eigenvalue weighted by Crippen LogP contribution is -2.20. The molecule has 1 heterocycles. The second kappa shape index (κ2) is 5.60. The molecule has 0 spiro atoms. The van der Waals surface area contributed by atoms with Crippen LogP contribution in [0.5, 0.6) is 0 Å². The van der Waals surface area contributed by atoms with Crippen LogP contribution in [0.15, 0.2) is 36.5 Å². The van der Waals surface area contributed by atoms with Crippen molar-refractivity contribution in [3.05, 3.63) is 47.7 Å². The molecular formula is C14H18N4. The monoisotopic (exact) mass is 242 g/mol. The molecule has 0 unspecified atom stereocenters. The molecule has 0 radical (unpaired) electrons.